The molecular formula is C16H14N2O2. The number of para-hydroxylation sites is 1. The number of carbonyl (C=O) groups excluding carboxylic acids is 1. The van der Waals surface area contributed by atoms with Crippen LogP contribution in [0, 0.1) is 0 Å². The molecule has 4 nitrogen and oxygen atoms in total. The maximum absolute atomic E-state index is 12.5. The van der Waals surface area contributed by atoms with E-state index in [2.05, 4.69) is 10.2 Å². The lowest BCUT2D eigenvalue weighted by Gasteiger charge is -2.16. The maximum atomic E-state index is 12.5. The third-order valence-corrected chi connectivity index (χ3v) is 3.53. The molecule has 2 aromatic carbocycles. The summed E-state index contributed by atoms with van der Waals surface area (Å²) < 4.78 is 0. The number of hydrogen-bond acceptors (Lipinski definition) is 4. The van der Waals surface area contributed by atoms with Crippen LogP contribution in [-0.4, -0.2) is 23.5 Å². The van der Waals surface area contributed by atoms with E-state index in [0.717, 1.165) is 5.56 Å². The number of hydrogen-bond donors (Lipinski definition) is 1. The number of phenols is 1. The van der Waals surface area contributed by atoms with Crippen LogP contribution in [-0.2, 0) is 0 Å². The van der Waals surface area contributed by atoms with E-state index in [0.29, 0.717) is 12.1 Å². The molecule has 0 aromatic heterocycles. The smallest absolute Gasteiger partial charge is 0.189 e. The van der Waals surface area contributed by atoms with E-state index in [4.69, 9.17) is 0 Å². The first kappa shape index (κ1) is 12.5. The molecule has 3 rings (SSSR count). The molecule has 2 atom stereocenters. The lowest BCUT2D eigenvalue weighted by molar-refractivity contribution is 0.0955. The number of carbonyl (C=O) groups is 1. The van der Waals surface area contributed by atoms with Crippen molar-refractivity contribution in [3.8, 4) is 5.75 Å². The van der Waals surface area contributed by atoms with Crippen LogP contribution < -0.4 is 0 Å². The minimum atomic E-state index is -0.550. The first-order valence-corrected chi connectivity index (χ1v) is 6.51. The van der Waals surface area contributed by atoms with Crippen LogP contribution in [0.3, 0.4) is 0 Å². The van der Waals surface area contributed by atoms with Gasteiger partial charge in [0, 0.05) is 17.0 Å². The van der Waals surface area contributed by atoms with Crippen molar-refractivity contribution in [3.05, 3.63) is 65.7 Å². The topological polar surface area (TPSA) is 62.0 Å². The van der Waals surface area contributed by atoms with E-state index >= 15 is 0 Å². The number of ketones is 1. The van der Waals surface area contributed by atoms with Crippen molar-refractivity contribution in [2.24, 2.45) is 10.2 Å². The molecule has 0 aliphatic carbocycles. The molecule has 0 radical (unpaired) electrons. The first-order valence-electron chi connectivity index (χ1n) is 6.51. The molecule has 0 unspecified atom stereocenters. The van der Waals surface area contributed by atoms with Crippen LogP contribution in [0.15, 0.2) is 64.8 Å². The molecule has 2 aromatic rings. The highest BCUT2D eigenvalue weighted by atomic mass is 16.3. The van der Waals surface area contributed by atoms with Gasteiger partial charge in [0.15, 0.2) is 5.78 Å². The number of aromatic hydroxyl groups is 1. The van der Waals surface area contributed by atoms with Crippen LogP contribution >= 0.6 is 0 Å². The van der Waals surface area contributed by atoms with Crippen LogP contribution in [0.4, 0.5) is 0 Å². The van der Waals surface area contributed by atoms with Crippen molar-refractivity contribution in [3.63, 3.8) is 0 Å². The van der Waals surface area contributed by atoms with E-state index in [9.17, 15) is 9.90 Å². The van der Waals surface area contributed by atoms with Gasteiger partial charge in [0.05, 0.1) is 6.54 Å². The molecule has 0 bridgehead atoms. The summed E-state index contributed by atoms with van der Waals surface area (Å²) in [5.74, 6) is -0.0559. The highest BCUT2D eigenvalue weighted by Crippen LogP contribution is 2.34. The van der Waals surface area contributed by atoms with E-state index in [-0.39, 0.29) is 17.5 Å². The Morgan fingerprint density at radius 1 is 1.05 bits per heavy atom. The zero-order valence-corrected chi connectivity index (χ0v) is 10.8. The predicted octanol–water partition coefficient (Wildman–Crippen LogP) is 3.19. The van der Waals surface area contributed by atoms with E-state index in [1.807, 2.05) is 30.3 Å². The van der Waals surface area contributed by atoms with Gasteiger partial charge in [-0.3, -0.25) is 4.79 Å². The van der Waals surface area contributed by atoms with Gasteiger partial charge in [0.2, 0.25) is 0 Å². The Labute approximate surface area is 116 Å². The van der Waals surface area contributed by atoms with E-state index in [1.165, 1.54) is 0 Å². The third kappa shape index (κ3) is 2.20. The van der Waals surface area contributed by atoms with E-state index in [1.54, 1.807) is 24.3 Å². The summed E-state index contributed by atoms with van der Waals surface area (Å²) in [4.78, 5) is 12.5. The van der Waals surface area contributed by atoms with Gasteiger partial charge in [-0.25, -0.2) is 0 Å². The number of phenolic OH excluding ortho intramolecular Hbond substituents is 1. The number of benzene rings is 2. The highest BCUT2D eigenvalue weighted by molar-refractivity contribution is 6.01. The molecular weight excluding hydrogens is 252 g/mol. The lowest BCUT2D eigenvalue weighted by atomic mass is 9.87. The summed E-state index contributed by atoms with van der Waals surface area (Å²) in [7, 11) is 0. The Hall–Kier alpha value is -2.49. The largest absolute Gasteiger partial charge is 0.508 e. The van der Waals surface area contributed by atoms with Crippen molar-refractivity contribution in [1.29, 1.82) is 0 Å². The molecule has 0 spiro atoms. The van der Waals surface area contributed by atoms with Gasteiger partial charge < -0.3 is 5.11 Å². The molecule has 1 heterocycles. The second kappa shape index (κ2) is 5.25. The second-order valence-corrected chi connectivity index (χ2v) is 4.78. The van der Waals surface area contributed by atoms with Crippen molar-refractivity contribution in [2.45, 2.75) is 12.0 Å². The summed E-state index contributed by atoms with van der Waals surface area (Å²) in [6, 6.07) is 15.6. The van der Waals surface area contributed by atoms with Gasteiger partial charge in [-0.15, -0.1) is 0 Å². The zero-order valence-electron chi connectivity index (χ0n) is 10.8. The molecule has 1 aliphatic rings. The van der Waals surface area contributed by atoms with Crippen molar-refractivity contribution in [2.75, 3.05) is 6.54 Å². The molecule has 20 heavy (non-hydrogen) atoms. The fourth-order valence-electron chi connectivity index (χ4n) is 2.48. The summed E-state index contributed by atoms with van der Waals surface area (Å²) >= 11 is 0. The zero-order chi connectivity index (χ0) is 13.9. The summed E-state index contributed by atoms with van der Waals surface area (Å²) in [6.07, 6.45) is 0. The molecule has 1 aliphatic heterocycles. The number of azo groups is 1. The monoisotopic (exact) mass is 266 g/mol. The first-order chi connectivity index (χ1) is 9.77. The number of rotatable bonds is 3. The Kier molecular flexibility index (Phi) is 3.29. The Morgan fingerprint density at radius 3 is 2.50 bits per heavy atom. The van der Waals surface area contributed by atoms with Crippen LogP contribution in [0.5, 0.6) is 5.75 Å². The molecule has 0 amide bonds. The summed E-state index contributed by atoms with van der Waals surface area (Å²) in [5.41, 5.74) is 1.35. The van der Waals surface area contributed by atoms with Gasteiger partial charge in [-0.2, -0.15) is 10.2 Å². The number of Topliss-reactive ketones (excluding diaryl/α,β-unsaturated/α-hetero) is 1. The van der Waals surface area contributed by atoms with Crippen molar-refractivity contribution < 1.29 is 9.90 Å². The summed E-state index contributed by atoms with van der Waals surface area (Å²) in [6.45, 7) is 0.431. The lowest BCUT2D eigenvalue weighted by Crippen LogP contribution is -2.24. The fourth-order valence-corrected chi connectivity index (χ4v) is 2.48. The minimum Gasteiger partial charge on any atom is -0.508 e. The van der Waals surface area contributed by atoms with Crippen molar-refractivity contribution >= 4 is 5.78 Å². The van der Waals surface area contributed by atoms with Crippen molar-refractivity contribution in [1.82, 2.24) is 0 Å². The average molecular weight is 266 g/mol. The third-order valence-electron chi connectivity index (χ3n) is 3.53. The predicted molar refractivity (Wildman–Crippen MR) is 75.1 cm³/mol. The fraction of sp³-hybridized carbons (Fsp3) is 0.188. The van der Waals surface area contributed by atoms with Gasteiger partial charge >= 0.3 is 0 Å². The Bertz CT molecular complexity index is 653. The molecule has 4 heteroatoms. The van der Waals surface area contributed by atoms with Gasteiger partial charge in [-0.1, -0.05) is 48.5 Å². The Morgan fingerprint density at radius 2 is 1.75 bits per heavy atom. The van der Waals surface area contributed by atoms with Gasteiger partial charge in [-0.05, 0) is 6.07 Å². The molecule has 0 saturated heterocycles. The molecule has 1 N–H and O–H groups in total. The Balaban J connectivity index is 1.92. The van der Waals surface area contributed by atoms with Crippen LogP contribution in [0.25, 0.3) is 0 Å². The standard InChI is InChI=1S/C16H14N2O2/c19-14-9-5-4-8-12(14)13-10-17-18-15(13)16(20)11-6-2-1-3-7-11/h1-9,13,15,19H,10H2/t13-,15+/m0/s1. The van der Waals surface area contributed by atoms with Gasteiger partial charge in [0.1, 0.15) is 11.8 Å². The van der Waals surface area contributed by atoms with Crippen LogP contribution in [0.2, 0.25) is 0 Å². The molecule has 0 fully saturated rings. The maximum Gasteiger partial charge on any atom is 0.189 e. The quantitative estimate of drug-likeness (QED) is 0.867. The average Bonchev–Trinajstić information content (AvgIpc) is 2.97. The normalized spacial score (nSPS) is 21.0. The SMILES string of the molecule is O=C(c1ccccc1)[C@@H]1N=NC[C@H]1c1ccccc1O. The highest BCUT2D eigenvalue weighted by Gasteiger charge is 2.35. The minimum absolute atomic E-state index is 0.0555. The molecule has 100 valence electrons. The number of nitrogens with zero attached hydrogens (tertiary/aromatic N) is 2. The second-order valence-electron chi connectivity index (χ2n) is 4.78. The molecule has 0 saturated carbocycles. The van der Waals surface area contributed by atoms with Crippen LogP contribution in [0.1, 0.15) is 21.8 Å². The van der Waals surface area contributed by atoms with Gasteiger partial charge in [0.25, 0.3) is 0 Å². The summed E-state index contributed by atoms with van der Waals surface area (Å²) in [5, 5.41) is 18.0. The van der Waals surface area contributed by atoms with E-state index < -0.39 is 6.04 Å².